The molecule has 0 saturated carbocycles. The molecule has 0 N–H and O–H groups in total. The molecule has 3 heterocycles. The van der Waals surface area contributed by atoms with E-state index >= 15 is 0 Å². The van der Waals surface area contributed by atoms with Crippen molar-refractivity contribution in [3.63, 3.8) is 0 Å². The molecule has 7 nitrogen and oxygen atoms in total. The predicted molar refractivity (Wildman–Crippen MR) is 118 cm³/mol. The summed E-state index contributed by atoms with van der Waals surface area (Å²) in [6.45, 7) is 4.32. The van der Waals surface area contributed by atoms with E-state index in [1.165, 1.54) is 29.1 Å². The number of benzene rings is 1. The monoisotopic (exact) mass is 494 g/mol. The van der Waals surface area contributed by atoms with E-state index in [2.05, 4.69) is 27.1 Å². The van der Waals surface area contributed by atoms with Crippen LogP contribution in [0.4, 0.5) is 22.0 Å². The Bertz CT molecular complexity index is 1310. The molecular weight excluding hydrogens is 471 g/mol. The van der Waals surface area contributed by atoms with Crippen LogP contribution in [0.3, 0.4) is 0 Å². The standard InChI is InChI=1S/C23H23F5N6O/c1-4-13(2)9-19-31-22(17-11-29-34-18(20(24)25)10-14(3)30-21(17)34)33(32-19)15-5-7-16(8-6-15)35-12-23(26,27)28/h5-8,10-11,13,20H,4,9,12H2,1-3H3. The largest absolute Gasteiger partial charge is 0.484 e. The van der Waals surface area contributed by atoms with Gasteiger partial charge in [0.1, 0.15) is 11.4 Å². The number of alkyl halides is 5. The SMILES string of the molecule is CCC(C)Cc1nc(-c2cnn3c(C(F)F)cc(C)nc23)n(-c2ccc(OCC(F)(F)F)cc2)n1. The lowest BCUT2D eigenvalue weighted by Crippen LogP contribution is -2.19. The van der Waals surface area contributed by atoms with Crippen molar-refractivity contribution in [2.24, 2.45) is 5.92 Å². The van der Waals surface area contributed by atoms with Gasteiger partial charge in [0.2, 0.25) is 0 Å². The van der Waals surface area contributed by atoms with Crippen molar-refractivity contribution in [2.75, 3.05) is 6.61 Å². The van der Waals surface area contributed by atoms with Gasteiger partial charge in [0.05, 0.1) is 17.4 Å². The molecule has 0 radical (unpaired) electrons. The summed E-state index contributed by atoms with van der Waals surface area (Å²) in [5.41, 5.74) is 1.20. The molecule has 186 valence electrons. The van der Waals surface area contributed by atoms with Crippen molar-refractivity contribution in [2.45, 2.75) is 46.2 Å². The number of halogens is 5. The first-order valence-electron chi connectivity index (χ1n) is 11.0. The molecule has 35 heavy (non-hydrogen) atoms. The number of ether oxygens (including phenoxy) is 1. The van der Waals surface area contributed by atoms with Crippen molar-refractivity contribution in [3.8, 4) is 22.8 Å². The molecule has 12 heteroatoms. The molecular formula is C23H23F5N6O. The third-order valence-electron chi connectivity index (χ3n) is 5.45. The fraction of sp³-hybridized carbons (Fsp3) is 0.391. The van der Waals surface area contributed by atoms with Crippen LogP contribution in [-0.4, -0.2) is 42.1 Å². The molecule has 0 aliphatic rings. The Morgan fingerprint density at radius 3 is 2.43 bits per heavy atom. The number of aromatic nitrogens is 6. The molecule has 4 aromatic rings. The second-order valence-electron chi connectivity index (χ2n) is 8.30. The van der Waals surface area contributed by atoms with E-state index < -0.39 is 19.2 Å². The van der Waals surface area contributed by atoms with Gasteiger partial charge >= 0.3 is 6.18 Å². The van der Waals surface area contributed by atoms with Crippen molar-refractivity contribution < 1.29 is 26.7 Å². The molecule has 3 aromatic heterocycles. The summed E-state index contributed by atoms with van der Waals surface area (Å²) in [4.78, 5) is 9.05. The van der Waals surface area contributed by atoms with Crippen LogP contribution in [0, 0.1) is 12.8 Å². The number of hydrogen-bond donors (Lipinski definition) is 0. The lowest BCUT2D eigenvalue weighted by Gasteiger charge is -2.10. The van der Waals surface area contributed by atoms with Crippen LogP contribution in [-0.2, 0) is 6.42 Å². The second kappa shape index (κ2) is 9.59. The molecule has 4 rings (SSSR count). The zero-order chi connectivity index (χ0) is 25.3. The molecule has 0 aliphatic carbocycles. The number of rotatable bonds is 8. The van der Waals surface area contributed by atoms with E-state index in [4.69, 9.17) is 4.74 Å². The fourth-order valence-electron chi connectivity index (χ4n) is 3.53. The van der Waals surface area contributed by atoms with Gasteiger partial charge in [-0.25, -0.2) is 27.9 Å². The van der Waals surface area contributed by atoms with Gasteiger partial charge in [-0.3, -0.25) is 0 Å². The van der Waals surface area contributed by atoms with Gasteiger partial charge in [-0.2, -0.15) is 23.4 Å². The maximum atomic E-state index is 13.6. The lowest BCUT2D eigenvalue weighted by atomic mass is 10.1. The van der Waals surface area contributed by atoms with E-state index in [0.29, 0.717) is 40.9 Å². The minimum atomic E-state index is -4.45. The third-order valence-corrected chi connectivity index (χ3v) is 5.45. The average Bonchev–Trinajstić information content (AvgIpc) is 3.40. The van der Waals surface area contributed by atoms with Crippen LogP contribution < -0.4 is 4.74 Å². The molecule has 1 aromatic carbocycles. The lowest BCUT2D eigenvalue weighted by molar-refractivity contribution is -0.153. The second-order valence-corrected chi connectivity index (χ2v) is 8.30. The Balaban J connectivity index is 1.79. The van der Waals surface area contributed by atoms with Crippen LogP contribution in [0.2, 0.25) is 0 Å². The summed E-state index contributed by atoms with van der Waals surface area (Å²) in [7, 11) is 0. The van der Waals surface area contributed by atoms with Crippen LogP contribution in [0.15, 0.2) is 36.5 Å². The molecule has 1 atom stereocenters. The van der Waals surface area contributed by atoms with Gasteiger partial charge < -0.3 is 4.74 Å². The summed E-state index contributed by atoms with van der Waals surface area (Å²) < 4.78 is 71.9. The highest BCUT2D eigenvalue weighted by atomic mass is 19.4. The zero-order valence-electron chi connectivity index (χ0n) is 19.2. The highest BCUT2D eigenvalue weighted by molar-refractivity contribution is 5.73. The Morgan fingerprint density at radius 2 is 1.80 bits per heavy atom. The summed E-state index contributed by atoms with van der Waals surface area (Å²) in [5.74, 6) is 1.21. The van der Waals surface area contributed by atoms with E-state index in [1.807, 2.05) is 6.92 Å². The quantitative estimate of drug-likeness (QED) is 0.292. The molecule has 0 saturated heterocycles. The maximum Gasteiger partial charge on any atom is 0.422 e. The molecule has 0 spiro atoms. The fourth-order valence-corrected chi connectivity index (χ4v) is 3.53. The van der Waals surface area contributed by atoms with Gasteiger partial charge in [-0.1, -0.05) is 20.3 Å². The Kier molecular flexibility index (Phi) is 6.73. The van der Waals surface area contributed by atoms with Crippen molar-refractivity contribution >= 4 is 5.65 Å². The molecule has 0 aliphatic heterocycles. The van der Waals surface area contributed by atoms with Gasteiger partial charge in [0.15, 0.2) is 23.9 Å². The number of aryl methyl sites for hydroxylation is 1. The molecule has 0 fully saturated rings. The van der Waals surface area contributed by atoms with Crippen LogP contribution in [0.1, 0.15) is 43.9 Å². The smallest absolute Gasteiger partial charge is 0.422 e. The summed E-state index contributed by atoms with van der Waals surface area (Å²) in [6.07, 6.45) is -4.31. The zero-order valence-corrected chi connectivity index (χ0v) is 19.2. The molecule has 0 bridgehead atoms. The van der Waals surface area contributed by atoms with Crippen molar-refractivity contribution in [3.05, 3.63) is 53.7 Å². The normalized spacial score (nSPS) is 13.1. The van der Waals surface area contributed by atoms with E-state index in [9.17, 15) is 22.0 Å². The first-order chi connectivity index (χ1) is 16.6. The summed E-state index contributed by atoms with van der Waals surface area (Å²) in [6, 6.07) is 7.16. The first-order valence-corrected chi connectivity index (χ1v) is 11.0. The van der Waals surface area contributed by atoms with Gasteiger partial charge in [-0.15, -0.1) is 0 Å². The highest BCUT2D eigenvalue weighted by Crippen LogP contribution is 2.29. The summed E-state index contributed by atoms with van der Waals surface area (Å²) >= 11 is 0. The molecule has 1 unspecified atom stereocenters. The van der Waals surface area contributed by atoms with E-state index in [0.717, 1.165) is 10.9 Å². The van der Waals surface area contributed by atoms with Gasteiger partial charge in [0, 0.05) is 12.1 Å². The number of fused-ring (bicyclic) bond motifs is 1. The third kappa shape index (κ3) is 5.41. The number of hydrogen-bond acceptors (Lipinski definition) is 5. The van der Waals surface area contributed by atoms with E-state index in [-0.39, 0.29) is 17.1 Å². The van der Waals surface area contributed by atoms with Crippen LogP contribution >= 0.6 is 0 Å². The van der Waals surface area contributed by atoms with Gasteiger partial charge in [-0.05, 0) is 43.2 Å². The van der Waals surface area contributed by atoms with Crippen molar-refractivity contribution in [1.29, 1.82) is 0 Å². The number of nitrogens with zero attached hydrogens (tertiary/aromatic N) is 6. The topological polar surface area (TPSA) is 70.1 Å². The summed E-state index contributed by atoms with van der Waals surface area (Å²) in [5, 5.41) is 8.70. The van der Waals surface area contributed by atoms with Crippen LogP contribution in [0.25, 0.3) is 22.7 Å². The van der Waals surface area contributed by atoms with E-state index in [1.54, 1.807) is 19.1 Å². The minimum absolute atomic E-state index is 0.0439. The van der Waals surface area contributed by atoms with Gasteiger partial charge in [0.25, 0.3) is 6.43 Å². The minimum Gasteiger partial charge on any atom is -0.484 e. The Labute approximate surface area is 197 Å². The highest BCUT2D eigenvalue weighted by Gasteiger charge is 2.28. The molecule has 0 amide bonds. The van der Waals surface area contributed by atoms with Crippen LogP contribution in [0.5, 0.6) is 5.75 Å². The van der Waals surface area contributed by atoms with Crippen molar-refractivity contribution in [1.82, 2.24) is 29.4 Å². The Morgan fingerprint density at radius 1 is 1.09 bits per heavy atom. The average molecular weight is 494 g/mol. The maximum absolute atomic E-state index is 13.6. The first kappa shape index (κ1) is 24.6. The Hall–Kier alpha value is -3.57. The predicted octanol–water partition coefficient (Wildman–Crippen LogP) is 5.75.